The Labute approximate surface area is 69.8 Å². The number of aliphatic hydroxyl groups is 1. The second kappa shape index (κ2) is 3.51. The summed E-state index contributed by atoms with van der Waals surface area (Å²) in [4.78, 5) is 0. The van der Waals surface area contributed by atoms with Crippen molar-refractivity contribution in [1.82, 2.24) is 0 Å². The van der Waals surface area contributed by atoms with Crippen molar-refractivity contribution in [2.24, 2.45) is 5.73 Å². The van der Waals surface area contributed by atoms with Gasteiger partial charge in [0.05, 0.1) is 12.6 Å². The van der Waals surface area contributed by atoms with Crippen molar-refractivity contribution >= 4 is 5.69 Å². The van der Waals surface area contributed by atoms with E-state index < -0.39 is 11.9 Å². The third-order valence-electron chi connectivity index (χ3n) is 1.62. The van der Waals surface area contributed by atoms with Gasteiger partial charge in [-0.3, -0.25) is 0 Å². The molecule has 1 rings (SSSR count). The zero-order valence-corrected chi connectivity index (χ0v) is 6.50. The van der Waals surface area contributed by atoms with Crippen LogP contribution in [0.25, 0.3) is 0 Å². The highest BCUT2D eigenvalue weighted by Gasteiger charge is 2.09. The number of aliphatic hydroxyl groups excluding tert-OH is 1. The summed E-state index contributed by atoms with van der Waals surface area (Å²) in [6, 6.07) is 3.54. The summed E-state index contributed by atoms with van der Waals surface area (Å²) in [5, 5.41) is 8.66. The molecule has 0 aromatic heterocycles. The first-order chi connectivity index (χ1) is 5.65. The number of benzene rings is 1. The Morgan fingerprint density at radius 3 is 2.67 bits per heavy atom. The van der Waals surface area contributed by atoms with E-state index >= 15 is 0 Å². The highest BCUT2D eigenvalue weighted by Crippen LogP contribution is 2.16. The quantitative estimate of drug-likeness (QED) is 0.562. The molecule has 0 saturated carbocycles. The lowest BCUT2D eigenvalue weighted by Crippen LogP contribution is -2.16. The van der Waals surface area contributed by atoms with E-state index in [1.165, 1.54) is 12.1 Å². The minimum absolute atomic E-state index is 0.277. The molecule has 4 heteroatoms. The van der Waals surface area contributed by atoms with Crippen LogP contribution in [-0.2, 0) is 0 Å². The van der Waals surface area contributed by atoms with E-state index in [1.54, 1.807) is 6.07 Å². The minimum atomic E-state index is -0.675. The van der Waals surface area contributed by atoms with Crippen molar-refractivity contribution in [3.05, 3.63) is 29.6 Å². The van der Waals surface area contributed by atoms with Crippen molar-refractivity contribution < 1.29 is 9.50 Å². The zero-order chi connectivity index (χ0) is 9.14. The highest BCUT2D eigenvalue weighted by molar-refractivity contribution is 5.41. The van der Waals surface area contributed by atoms with Gasteiger partial charge in [-0.25, -0.2) is 4.39 Å². The first-order valence-electron chi connectivity index (χ1n) is 3.56. The molecule has 1 aromatic carbocycles. The largest absolute Gasteiger partial charge is 0.399 e. The van der Waals surface area contributed by atoms with Gasteiger partial charge in [0.1, 0.15) is 5.82 Å². The average molecular weight is 170 g/mol. The van der Waals surface area contributed by atoms with Crippen LogP contribution in [0.4, 0.5) is 10.1 Å². The second-order valence-electron chi connectivity index (χ2n) is 2.57. The minimum Gasteiger partial charge on any atom is -0.399 e. The summed E-state index contributed by atoms with van der Waals surface area (Å²) in [7, 11) is 0. The number of halogens is 1. The third-order valence-corrected chi connectivity index (χ3v) is 1.62. The Morgan fingerprint density at radius 1 is 1.50 bits per heavy atom. The van der Waals surface area contributed by atoms with Crippen LogP contribution in [0.5, 0.6) is 0 Å². The second-order valence-corrected chi connectivity index (χ2v) is 2.57. The van der Waals surface area contributed by atoms with Crippen LogP contribution in [0.15, 0.2) is 18.2 Å². The van der Waals surface area contributed by atoms with Crippen LogP contribution in [0, 0.1) is 5.82 Å². The van der Waals surface area contributed by atoms with E-state index in [4.69, 9.17) is 16.6 Å². The molecule has 0 unspecified atom stereocenters. The Kier molecular flexibility index (Phi) is 2.62. The summed E-state index contributed by atoms with van der Waals surface area (Å²) in [6.45, 7) is -0.277. The van der Waals surface area contributed by atoms with Crippen LogP contribution in [-0.4, -0.2) is 11.7 Å². The molecule has 12 heavy (non-hydrogen) atoms. The maximum absolute atomic E-state index is 13.0. The lowest BCUT2D eigenvalue weighted by molar-refractivity contribution is 0.265. The van der Waals surface area contributed by atoms with Gasteiger partial charge < -0.3 is 16.6 Å². The fourth-order valence-corrected chi connectivity index (χ4v) is 0.942. The Bertz CT molecular complexity index is 278. The van der Waals surface area contributed by atoms with Gasteiger partial charge in [0.2, 0.25) is 0 Å². The molecular formula is C8H11FN2O. The number of rotatable bonds is 2. The van der Waals surface area contributed by atoms with E-state index in [2.05, 4.69) is 0 Å². The van der Waals surface area contributed by atoms with Crippen molar-refractivity contribution in [2.75, 3.05) is 12.3 Å². The first kappa shape index (κ1) is 8.96. The molecule has 0 fully saturated rings. The first-order valence-corrected chi connectivity index (χ1v) is 3.56. The molecule has 0 aliphatic carbocycles. The average Bonchev–Trinajstić information content (AvgIpc) is 2.03. The third kappa shape index (κ3) is 1.72. The molecule has 0 spiro atoms. The van der Waals surface area contributed by atoms with Crippen LogP contribution < -0.4 is 11.5 Å². The molecule has 1 atom stereocenters. The standard InChI is InChI=1S/C8H11FN2O/c9-7-3-5(10)1-2-6(7)8(11)4-12/h1-3,8,12H,4,10-11H2/t8-/m1/s1. The predicted molar refractivity (Wildman–Crippen MR) is 44.8 cm³/mol. The Morgan fingerprint density at radius 2 is 2.17 bits per heavy atom. The number of nitrogens with two attached hydrogens (primary N) is 2. The lowest BCUT2D eigenvalue weighted by atomic mass is 10.1. The van der Waals surface area contributed by atoms with E-state index in [9.17, 15) is 4.39 Å². The van der Waals surface area contributed by atoms with Crippen LogP contribution in [0.3, 0.4) is 0 Å². The fourth-order valence-electron chi connectivity index (χ4n) is 0.942. The number of hydrogen-bond donors (Lipinski definition) is 3. The summed E-state index contributed by atoms with van der Waals surface area (Å²) in [6.07, 6.45) is 0. The Balaban J connectivity index is 3.01. The molecule has 0 saturated heterocycles. The summed E-state index contributed by atoms with van der Waals surface area (Å²) in [5.74, 6) is -0.475. The molecule has 66 valence electrons. The van der Waals surface area contributed by atoms with Crippen LogP contribution in [0.1, 0.15) is 11.6 Å². The van der Waals surface area contributed by atoms with Gasteiger partial charge in [-0.15, -0.1) is 0 Å². The van der Waals surface area contributed by atoms with Crippen molar-refractivity contribution in [1.29, 1.82) is 0 Å². The van der Waals surface area contributed by atoms with E-state index in [0.717, 1.165) is 0 Å². The lowest BCUT2D eigenvalue weighted by Gasteiger charge is -2.09. The van der Waals surface area contributed by atoms with E-state index in [-0.39, 0.29) is 12.2 Å². The van der Waals surface area contributed by atoms with Gasteiger partial charge in [-0.2, -0.15) is 0 Å². The van der Waals surface area contributed by atoms with Gasteiger partial charge in [0.15, 0.2) is 0 Å². The smallest absolute Gasteiger partial charge is 0.130 e. The fraction of sp³-hybridized carbons (Fsp3) is 0.250. The molecule has 0 radical (unpaired) electrons. The number of hydrogen-bond acceptors (Lipinski definition) is 3. The molecule has 0 heterocycles. The van der Waals surface area contributed by atoms with Gasteiger partial charge in [0.25, 0.3) is 0 Å². The van der Waals surface area contributed by atoms with E-state index in [0.29, 0.717) is 5.69 Å². The van der Waals surface area contributed by atoms with Crippen molar-refractivity contribution in [2.45, 2.75) is 6.04 Å². The monoisotopic (exact) mass is 170 g/mol. The van der Waals surface area contributed by atoms with Crippen LogP contribution >= 0.6 is 0 Å². The number of nitrogen functional groups attached to an aromatic ring is 1. The summed E-state index contributed by atoms with van der Waals surface area (Å²) >= 11 is 0. The molecular weight excluding hydrogens is 159 g/mol. The maximum atomic E-state index is 13.0. The highest BCUT2D eigenvalue weighted by atomic mass is 19.1. The number of anilines is 1. The van der Waals surface area contributed by atoms with Gasteiger partial charge >= 0.3 is 0 Å². The van der Waals surface area contributed by atoms with Gasteiger partial charge in [-0.1, -0.05) is 6.07 Å². The predicted octanol–water partition coefficient (Wildman–Crippen LogP) is 0.400. The zero-order valence-electron chi connectivity index (χ0n) is 6.50. The maximum Gasteiger partial charge on any atom is 0.130 e. The molecule has 0 bridgehead atoms. The summed E-state index contributed by atoms with van der Waals surface area (Å²) < 4.78 is 13.0. The van der Waals surface area contributed by atoms with Crippen LogP contribution in [0.2, 0.25) is 0 Å². The SMILES string of the molecule is Nc1ccc([C@H](N)CO)c(F)c1. The molecule has 1 aromatic rings. The molecule has 0 aliphatic heterocycles. The molecule has 0 amide bonds. The van der Waals surface area contributed by atoms with Gasteiger partial charge in [0, 0.05) is 11.3 Å². The van der Waals surface area contributed by atoms with Gasteiger partial charge in [-0.05, 0) is 12.1 Å². The Hall–Kier alpha value is -1.13. The topological polar surface area (TPSA) is 72.3 Å². The van der Waals surface area contributed by atoms with Crippen molar-refractivity contribution in [3.8, 4) is 0 Å². The molecule has 3 nitrogen and oxygen atoms in total. The normalized spacial score (nSPS) is 12.9. The van der Waals surface area contributed by atoms with E-state index in [1.807, 2.05) is 0 Å². The summed E-state index contributed by atoms with van der Waals surface area (Å²) in [5.41, 5.74) is 11.4. The van der Waals surface area contributed by atoms with Crippen molar-refractivity contribution in [3.63, 3.8) is 0 Å². The molecule has 5 N–H and O–H groups in total. The molecule has 0 aliphatic rings.